The van der Waals surface area contributed by atoms with Crippen molar-refractivity contribution in [3.05, 3.63) is 29.8 Å². The first kappa shape index (κ1) is 12.5. The van der Waals surface area contributed by atoms with Crippen LogP contribution in [0.15, 0.2) is 24.3 Å². The van der Waals surface area contributed by atoms with Crippen molar-refractivity contribution in [1.29, 1.82) is 0 Å². The van der Waals surface area contributed by atoms with E-state index in [0.29, 0.717) is 30.2 Å². The number of rotatable bonds is 4. The Kier molecular flexibility index (Phi) is 3.21. The second-order valence-electron chi connectivity index (χ2n) is 5.88. The predicted molar refractivity (Wildman–Crippen MR) is 76.3 cm³/mol. The second-order valence-corrected chi connectivity index (χ2v) is 5.88. The van der Waals surface area contributed by atoms with Crippen LogP contribution in [0, 0.1) is 17.8 Å². The van der Waals surface area contributed by atoms with Crippen LogP contribution in [0.5, 0.6) is 0 Å². The number of anilines is 1. The Morgan fingerprint density at radius 2 is 1.89 bits per heavy atom. The van der Waals surface area contributed by atoms with Gasteiger partial charge in [0.25, 0.3) is 0 Å². The molecule has 0 aromatic heterocycles. The number of nitrogens with two attached hydrogens (primary N) is 1. The van der Waals surface area contributed by atoms with E-state index in [9.17, 15) is 4.79 Å². The summed E-state index contributed by atoms with van der Waals surface area (Å²) in [7, 11) is 0. The minimum Gasteiger partial charge on any atom is -0.399 e. The van der Waals surface area contributed by atoms with E-state index < -0.39 is 0 Å². The number of carbonyl (C=O) groups is 1. The van der Waals surface area contributed by atoms with Crippen molar-refractivity contribution in [3.8, 4) is 0 Å². The van der Waals surface area contributed by atoms with Gasteiger partial charge in [-0.1, -0.05) is 18.6 Å². The number of benzene rings is 1. The van der Waals surface area contributed by atoms with Crippen molar-refractivity contribution in [1.82, 2.24) is 4.90 Å². The third-order valence-corrected chi connectivity index (χ3v) is 4.74. The average molecular weight is 258 g/mol. The summed E-state index contributed by atoms with van der Waals surface area (Å²) in [4.78, 5) is 14.5. The zero-order valence-corrected chi connectivity index (χ0v) is 11.5. The minimum absolute atomic E-state index is 0.336. The molecule has 0 bridgehead atoms. The third-order valence-electron chi connectivity index (χ3n) is 4.74. The summed E-state index contributed by atoms with van der Waals surface area (Å²) >= 11 is 0. The smallest absolute Gasteiger partial charge is 0.226 e. The van der Waals surface area contributed by atoms with E-state index in [-0.39, 0.29) is 0 Å². The van der Waals surface area contributed by atoms with Gasteiger partial charge in [-0.3, -0.25) is 4.79 Å². The van der Waals surface area contributed by atoms with E-state index in [1.54, 1.807) is 0 Å². The minimum atomic E-state index is 0.336. The molecule has 2 aliphatic carbocycles. The fourth-order valence-corrected chi connectivity index (χ4v) is 3.59. The normalized spacial score (nSPS) is 27.9. The van der Waals surface area contributed by atoms with Gasteiger partial charge in [-0.25, -0.2) is 0 Å². The lowest BCUT2D eigenvalue weighted by atomic mass is 10.1. The molecule has 2 fully saturated rings. The molecule has 2 unspecified atom stereocenters. The number of amides is 1. The summed E-state index contributed by atoms with van der Waals surface area (Å²) in [6, 6.07) is 7.83. The predicted octanol–water partition coefficient (Wildman–Crippen LogP) is 2.66. The van der Waals surface area contributed by atoms with Crippen molar-refractivity contribution in [2.45, 2.75) is 32.7 Å². The molecule has 3 rings (SSSR count). The number of nitrogens with zero attached hydrogens (tertiary/aromatic N) is 1. The molecule has 19 heavy (non-hydrogen) atoms. The Morgan fingerprint density at radius 3 is 2.47 bits per heavy atom. The number of fused-ring (bicyclic) bond motifs is 1. The maximum Gasteiger partial charge on any atom is 0.226 e. The first-order valence-electron chi connectivity index (χ1n) is 7.34. The molecule has 0 saturated heterocycles. The van der Waals surface area contributed by atoms with Gasteiger partial charge in [0.1, 0.15) is 0 Å². The van der Waals surface area contributed by atoms with Crippen LogP contribution in [0.25, 0.3) is 0 Å². The summed E-state index contributed by atoms with van der Waals surface area (Å²) in [5.74, 6) is 2.11. The summed E-state index contributed by atoms with van der Waals surface area (Å²) in [5.41, 5.74) is 7.62. The zero-order chi connectivity index (χ0) is 13.4. The van der Waals surface area contributed by atoms with Crippen LogP contribution in [0.1, 0.15) is 31.7 Å². The molecule has 0 radical (unpaired) electrons. The summed E-state index contributed by atoms with van der Waals surface area (Å²) in [6.07, 6.45) is 3.85. The average Bonchev–Trinajstić information content (AvgIpc) is 2.90. The standard InChI is InChI=1S/C16H22N2O/c1-2-18(10-11-6-8-12(17)9-7-11)16(19)15-13-4-3-5-14(13)15/h6-9,13-15H,2-5,10,17H2,1H3. The highest BCUT2D eigenvalue weighted by molar-refractivity contribution is 5.82. The largest absolute Gasteiger partial charge is 0.399 e. The van der Waals surface area contributed by atoms with E-state index >= 15 is 0 Å². The molecular weight excluding hydrogens is 236 g/mol. The number of hydrogen-bond donors (Lipinski definition) is 1. The first-order chi connectivity index (χ1) is 9.20. The second kappa shape index (κ2) is 4.87. The topological polar surface area (TPSA) is 46.3 Å². The van der Waals surface area contributed by atoms with E-state index in [2.05, 4.69) is 6.92 Å². The number of carbonyl (C=O) groups excluding carboxylic acids is 1. The van der Waals surface area contributed by atoms with Crippen LogP contribution < -0.4 is 5.73 Å². The maximum atomic E-state index is 12.5. The summed E-state index contributed by atoms with van der Waals surface area (Å²) in [5, 5.41) is 0. The Balaban J connectivity index is 1.64. The molecule has 1 aromatic carbocycles. The van der Waals surface area contributed by atoms with E-state index in [0.717, 1.165) is 17.8 Å². The van der Waals surface area contributed by atoms with Crippen molar-refractivity contribution in [3.63, 3.8) is 0 Å². The highest BCUT2D eigenvalue weighted by atomic mass is 16.2. The molecule has 3 nitrogen and oxygen atoms in total. The van der Waals surface area contributed by atoms with E-state index in [1.165, 1.54) is 19.3 Å². The molecule has 0 aliphatic heterocycles. The SMILES string of the molecule is CCN(Cc1ccc(N)cc1)C(=O)C1C2CCCC21. The van der Waals surface area contributed by atoms with Crippen LogP contribution in [-0.2, 0) is 11.3 Å². The van der Waals surface area contributed by atoms with Gasteiger partial charge in [0.05, 0.1) is 0 Å². The van der Waals surface area contributed by atoms with E-state index in [1.807, 2.05) is 29.2 Å². The fraction of sp³-hybridized carbons (Fsp3) is 0.562. The molecule has 2 saturated carbocycles. The zero-order valence-electron chi connectivity index (χ0n) is 11.5. The molecule has 3 heteroatoms. The van der Waals surface area contributed by atoms with Gasteiger partial charge in [-0.15, -0.1) is 0 Å². The van der Waals surface area contributed by atoms with Crippen molar-refractivity contribution in [2.24, 2.45) is 17.8 Å². The van der Waals surface area contributed by atoms with Crippen LogP contribution in [0.4, 0.5) is 5.69 Å². The van der Waals surface area contributed by atoms with Crippen LogP contribution in [0.3, 0.4) is 0 Å². The van der Waals surface area contributed by atoms with Crippen LogP contribution in [0.2, 0.25) is 0 Å². The van der Waals surface area contributed by atoms with Crippen molar-refractivity contribution < 1.29 is 4.79 Å². The quantitative estimate of drug-likeness (QED) is 0.844. The lowest BCUT2D eigenvalue weighted by Crippen LogP contribution is -2.32. The highest BCUT2D eigenvalue weighted by Crippen LogP contribution is 2.58. The van der Waals surface area contributed by atoms with E-state index in [4.69, 9.17) is 5.73 Å². The molecule has 2 N–H and O–H groups in total. The van der Waals surface area contributed by atoms with Crippen LogP contribution >= 0.6 is 0 Å². The van der Waals surface area contributed by atoms with Gasteiger partial charge in [0.15, 0.2) is 0 Å². The molecule has 2 atom stereocenters. The van der Waals surface area contributed by atoms with Crippen molar-refractivity contribution in [2.75, 3.05) is 12.3 Å². The molecule has 1 aromatic rings. The fourth-order valence-electron chi connectivity index (χ4n) is 3.59. The van der Waals surface area contributed by atoms with Gasteiger partial charge in [-0.2, -0.15) is 0 Å². The number of nitrogen functional groups attached to an aromatic ring is 1. The molecule has 102 valence electrons. The summed E-state index contributed by atoms with van der Waals surface area (Å²) in [6.45, 7) is 3.57. The van der Waals surface area contributed by atoms with Gasteiger partial charge in [0, 0.05) is 24.7 Å². The Bertz CT molecular complexity index is 458. The Labute approximate surface area is 114 Å². The lowest BCUT2D eigenvalue weighted by molar-refractivity contribution is -0.133. The Hall–Kier alpha value is -1.51. The molecule has 0 heterocycles. The number of hydrogen-bond acceptors (Lipinski definition) is 2. The van der Waals surface area contributed by atoms with Crippen LogP contribution in [-0.4, -0.2) is 17.4 Å². The monoisotopic (exact) mass is 258 g/mol. The molecule has 0 spiro atoms. The van der Waals surface area contributed by atoms with Gasteiger partial charge >= 0.3 is 0 Å². The maximum absolute atomic E-state index is 12.5. The van der Waals surface area contributed by atoms with Gasteiger partial charge in [-0.05, 0) is 49.3 Å². The lowest BCUT2D eigenvalue weighted by Gasteiger charge is -2.22. The summed E-state index contributed by atoms with van der Waals surface area (Å²) < 4.78 is 0. The van der Waals surface area contributed by atoms with Gasteiger partial charge < -0.3 is 10.6 Å². The van der Waals surface area contributed by atoms with Crippen molar-refractivity contribution >= 4 is 11.6 Å². The highest BCUT2D eigenvalue weighted by Gasteiger charge is 2.57. The Morgan fingerprint density at radius 1 is 1.26 bits per heavy atom. The van der Waals surface area contributed by atoms with Gasteiger partial charge in [0.2, 0.25) is 5.91 Å². The molecular formula is C16H22N2O. The molecule has 1 amide bonds. The first-order valence-corrected chi connectivity index (χ1v) is 7.34. The third kappa shape index (κ3) is 2.34. The molecule has 2 aliphatic rings.